The van der Waals surface area contributed by atoms with Crippen molar-refractivity contribution in [2.45, 2.75) is 63.9 Å². The molecule has 104 valence electrons. The predicted molar refractivity (Wildman–Crippen MR) is 78.1 cm³/mol. The minimum Gasteiger partial charge on any atom is -0.378 e. The maximum atomic E-state index is 12.2. The van der Waals surface area contributed by atoms with Crippen LogP contribution in [0.1, 0.15) is 65.1 Å². The number of ether oxygens (including phenoxy) is 1. The molecule has 0 spiro atoms. The van der Waals surface area contributed by atoms with E-state index in [2.05, 4.69) is 6.07 Å². The molecule has 1 aromatic rings. The van der Waals surface area contributed by atoms with Crippen LogP contribution in [0.25, 0.3) is 0 Å². The molecule has 2 heterocycles. The average molecular weight is 278 g/mol. The van der Waals surface area contributed by atoms with Gasteiger partial charge in [-0.3, -0.25) is 4.79 Å². The van der Waals surface area contributed by atoms with E-state index in [1.165, 1.54) is 49.0 Å². The molecule has 1 aliphatic heterocycles. The number of fused-ring (bicyclic) bond motifs is 1. The third-order valence-electron chi connectivity index (χ3n) is 4.23. The topological polar surface area (TPSA) is 26.3 Å². The Kier molecular flexibility index (Phi) is 4.34. The van der Waals surface area contributed by atoms with Crippen LogP contribution < -0.4 is 0 Å². The summed E-state index contributed by atoms with van der Waals surface area (Å²) in [5.41, 5.74) is 1.44. The number of hydrogen-bond acceptors (Lipinski definition) is 3. The van der Waals surface area contributed by atoms with Crippen LogP contribution in [-0.2, 0) is 17.6 Å². The first-order valence-corrected chi connectivity index (χ1v) is 8.41. The minimum atomic E-state index is 0.345. The summed E-state index contributed by atoms with van der Waals surface area (Å²) >= 11 is 1.75. The fourth-order valence-electron chi connectivity index (χ4n) is 3.11. The third-order valence-corrected chi connectivity index (χ3v) is 5.50. The molecule has 3 rings (SSSR count). The monoisotopic (exact) mass is 278 g/mol. The van der Waals surface area contributed by atoms with E-state index < -0.39 is 0 Å². The number of carbonyl (C=O) groups excluding carboxylic acids is 1. The molecule has 1 saturated heterocycles. The lowest BCUT2D eigenvalue weighted by Crippen LogP contribution is -2.06. The second kappa shape index (κ2) is 6.19. The van der Waals surface area contributed by atoms with Crippen molar-refractivity contribution >= 4 is 17.1 Å². The van der Waals surface area contributed by atoms with Crippen molar-refractivity contribution in [1.82, 2.24) is 0 Å². The lowest BCUT2D eigenvalue weighted by molar-refractivity contribution is 0.0925. The van der Waals surface area contributed by atoms with E-state index in [1.54, 1.807) is 11.3 Å². The van der Waals surface area contributed by atoms with Crippen LogP contribution in [-0.4, -0.2) is 18.5 Å². The molecule has 1 unspecified atom stereocenters. The third kappa shape index (κ3) is 3.26. The van der Waals surface area contributed by atoms with Crippen molar-refractivity contribution < 1.29 is 9.53 Å². The van der Waals surface area contributed by atoms with Gasteiger partial charge in [-0.1, -0.05) is 0 Å². The van der Waals surface area contributed by atoms with E-state index >= 15 is 0 Å². The number of hydrogen-bond donors (Lipinski definition) is 0. The Bertz CT molecular complexity index is 420. The summed E-state index contributed by atoms with van der Waals surface area (Å²) in [7, 11) is 0. The van der Waals surface area contributed by atoms with Crippen molar-refractivity contribution in [3.63, 3.8) is 0 Å². The summed E-state index contributed by atoms with van der Waals surface area (Å²) in [6.07, 6.45) is 10.5. The lowest BCUT2D eigenvalue weighted by Gasteiger charge is -2.08. The molecule has 1 aromatic heterocycles. The van der Waals surface area contributed by atoms with Gasteiger partial charge in [0.15, 0.2) is 5.78 Å². The van der Waals surface area contributed by atoms with Gasteiger partial charge in [0.2, 0.25) is 0 Å². The van der Waals surface area contributed by atoms with Crippen molar-refractivity contribution in [3.8, 4) is 0 Å². The van der Waals surface area contributed by atoms with Crippen LogP contribution in [0.5, 0.6) is 0 Å². The molecule has 0 saturated carbocycles. The summed E-state index contributed by atoms with van der Waals surface area (Å²) < 4.78 is 5.60. The standard InChI is InChI=1S/C16H22O2S/c17-14(8-3-6-13-7-4-10-18-13)16-11-12-5-1-2-9-15(12)19-16/h11,13H,1-10H2. The summed E-state index contributed by atoms with van der Waals surface area (Å²) in [6.45, 7) is 0.913. The van der Waals surface area contributed by atoms with Gasteiger partial charge in [-0.05, 0) is 63.0 Å². The Balaban J connectivity index is 1.50. The van der Waals surface area contributed by atoms with Gasteiger partial charge in [0.25, 0.3) is 0 Å². The van der Waals surface area contributed by atoms with Crippen LogP contribution in [0.15, 0.2) is 6.07 Å². The number of rotatable bonds is 5. The van der Waals surface area contributed by atoms with Gasteiger partial charge in [-0.25, -0.2) is 0 Å². The van der Waals surface area contributed by atoms with Gasteiger partial charge in [0.1, 0.15) is 0 Å². The summed E-state index contributed by atoms with van der Waals surface area (Å²) in [4.78, 5) is 14.7. The van der Waals surface area contributed by atoms with Crippen molar-refractivity contribution in [2.75, 3.05) is 6.61 Å². The fourth-order valence-corrected chi connectivity index (χ4v) is 4.33. The second-order valence-electron chi connectivity index (χ2n) is 5.72. The first kappa shape index (κ1) is 13.3. The molecular weight excluding hydrogens is 256 g/mol. The molecule has 1 fully saturated rings. The van der Waals surface area contributed by atoms with E-state index in [0.29, 0.717) is 18.3 Å². The summed E-state index contributed by atoms with van der Waals surface area (Å²) in [5.74, 6) is 0.345. The molecule has 0 aromatic carbocycles. The van der Waals surface area contributed by atoms with E-state index in [-0.39, 0.29) is 0 Å². The van der Waals surface area contributed by atoms with Crippen molar-refractivity contribution in [3.05, 3.63) is 21.4 Å². The molecule has 0 radical (unpaired) electrons. The van der Waals surface area contributed by atoms with Crippen LogP contribution in [0.3, 0.4) is 0 Å². The molecule has 1 atom stereocenters. The molecular formula is C16H22O2S. The number of carbonyl (C=O) groups is 1. The number of Topliss-reactive ketones (excluding diaryl/α,β-unsaturated/α-hetero) is 1. The highest BCUT2D eigenvalue weighted by Gasteiger charge is 2.18. The summed E-state index contributed by atoms with van der Waals surface area (Å²) in [6, 6.07) is 2.16. The zero-order chi connectivity index (χ0) is 13.1. The predicted octanol–water partition coefficient (Wildman–Crippen LogP) is 4.16. The van der Waals surface area contributed by atoms with Gasteiger partial charge in [-0.15, -0.1) is 11.3 Å². The Morgan fingerprint density at radius 1 is 1.32 bits per heavy atom. The highest BCUT2D eigenvalue weighted by Crippen LogP contribution is 2.30. The van der Waals surface area contributed by atoms with Gasteiger partial charge >= 0.3 is 0 Å². The molecule has 2 aliphatic rings. The molecule has 0 bridgehead atoms. The van der Waals surface area contributed by atoms with Crippen molar-refractivity contribution in [2.24, 2.45) is 0 Å². The van der Waals surface area contributed by atoms with Crippen LogP contribution in [0.4, 0.5) is 0 Å². The number of thiophene rings is 1. The quantitative estimate of drug-likeness (QED) is 0.756. The number of aryl methyl sites for hydroxylation is 2. The van der Waals surface area contributed by atoms with Gasteiger partial charge < -0.3 is 4.74 Å². The van der Waals surface area contributed by atoms with Gasteiger partial charge in [0.05, 0.1) is 11.0 Å². The van der Waals surface area contributed by atoms with Gasteiger partial charge in [-0.2, -0.15) is 0 Å². The maximum absolute atomic E-state index is 12.2. The molecule has 0 N–H and O–H groups in total. The maximum Gasteiger partial charge on any atom is 0.172 e. The minimum absolute atomic E-state index is 0.345. The van der Waals surface area contributed by atoms with E-state index in [1.807, 2.05) is 0 Å². The highest BCUT2D eigenvalue weighted by molar-refractivity contribution is 7.14. The van der Waals surface area contributed by atoms with Crippen LogP contribution >= 0.6 is 11.3 Å². The van der Waals surface area contributed by atoms with E-state index in [0.717, 1.165) is 24.3 Å². The zero-order valence-corrected chi connectivity index (χ0v) is 12.3. The smallest absolute Gasteiger partial charge is 0.172 e. The molecule has 1 aliphatic carbocycles. The van der Waals surface area contributed by atoms with Crippen LogP contribution in [0.2, 0.25) is 0 Å². The lowest BCUT2D eigenvalue weighted by atomic mass is 9.98. The Morgan fingerprint density at radius 3 is 3.00 bits per heavy atom. The largest absolute Gasteiger partial charge is 0.378 e. The summed E-state index contributed by atoms with van der Waals surface area (Å²) in [5, 5.41) is 0. The Hall–Kier alpha value is -0.670. The van der Waals surface area contributed by atoms with Crippen molar-refractivity contribution in [1.29, 1.82) is 0 Å². The molecule has 2 nitrogen and oxygen atoms in total. The van der Waals surface area contributed by atoms with Gasteiger partial charge in [0, 0.05) is 17.9 Å². The average Bonchev–Trinajstić information content (AvgIpc) is 3.07. The zero-order valence-electron chi connectivity index (χ0n) is 11.5. The SMILES string of the molecule is O=C(CCCC1CCCO1)c1cc2c(s1)CCCC2. The Labute approximate surface area is 119 Å². The van der Waals surface area contributed by atoms with E-state index in [4.69, 9.17) is 4.74 Å². The highest BCUT2D eigenvalue weighted by atomic mass is 32.1. The molecule has 3 heteroatoms. The van der Waals surface area contributed by atoms with Crippen LogP contribution in [0, 0.1) is 0 Å². The number of ketones is 1. The first-order chi connectivity index (χ1) is 9.33. The fraction of sp³-hybridized carbons (Fsp3) is 0.688. The first-order valence-electron chi connectivity index (χ1n) is 7.59. The normalized spacial score (nSPS) is 22.4. The second-order valence-corrected chi connectivity index (χ2v) is 6.85. The molecule has 19 heavy (non-hydrogen) atoms. The molecule has 0 amide bonds. The Morgan fingerprint density at radius 2 is 2.21 bits per heavy atom. The van der Waals surface area contributed by atoms with E-state index in [9.17, 15) is 4.79 Å².